The first-order valence-electron chi connectivity index (χ1n) is 6.88. The molecular weight excluding hydrogens is 280 g/mol. The molecule has 1 amide bonds. The van der Waals surface area contributed by atoms with Crippen LogP contribution in [-0.2, 0) is 11.3 Å². The lowest BCUT2D eigenvalue weighted by Crippen LogP contribution is -2.43. The first kappa shape index (κ1) is 14.0. The van der Waals surface area contributed by atoms with Crippen molar-refractivity contribution in [1.82, 2.24) is 0 Å². The highest BCUT2D eigenvalue weighted by Crippen LogP contribution is 2.37. The summed E-state index contributed by atoms with van der Waals surface area (Å²) in [6.45, 7) is 2.07. The molecule has 0 radical (unpaired) electrons. The molecule has 1 N–H and O–H groups in total. The van der Waals surface area contributed by atoms with Crippen molar-refractivity contribution in [2.45, 2.75) is 19.6 Å². The van der Waals surface area contributed by atoms with E-state index in [1.807, 2.05) is 12.1 Å². The number of hydrogen-bond donors (Lipinski definition) is 1. The van der Waals surface area contributed by atoms with Crippen LogP contribution in [0.25, 0.3) is 0 Å². The molecule has 0 fully saturated rings. The molecule has 2 aromatic carbocycles. The first-order valence-corrected chi connectivity index (χ1v) is 6.88. The van der Waals surface area contributed by atoms with Crippen LogP contribution >= 0.6 is 0 Å². The van der Waals surface area contributed by atoms with Crippen molar-refractivity contribution in [2.24, 2.45) is 0 Å². The van der Waals surface area contributed by atoms with Crippen LogP contribution in [0.3, 0.4) is 0 Å². The molecular formula is C17H14N2O3. The van der Waals surface area contributed by atoms with Crippen LogP contribution < -0.4 is 9.64 Å². The summed E-state index contributed by atoms with van der Waals surface area (Å²) in [5.41, 5.74) is 2.13. The molecule has 1 unspecified atom stereocenters. The van der Waals surface area contributed by atoms with Crippen LogP contribution in [0.1, 0.15) is 18.1 Å². The normalized spacial score (nSPS) is 16.6. The summed E-state index contributed by atoms with van der Waals surface area (Å²) in [6.07, 6.45) is -0.604. The number of aromatic hydroxyl groups is 1. The molecule has 22 heavy (non-hydrogen) atoms. The third-order valence-electron chi connectivity index (χ3n) is 3.58. The van der Waals surface area contributed by atoms with Crippen molar-refractivity contribution < 1.29 is 14.6 Å². The van der Waals surface area contributed by atoms with Gasteiger partial charge in [-0.2, -0.15) is 5.26 Å². The fraction of sp³-hybridized carbons (Fsp3) is 0.176. The van der Waals surface area contributed by atoms with Gasteiger partial charge in [0, 0.05) is 6.07 Å². The van der Waals surface area contributed by atoms with E-state index < -0.39 is 6.10 Å². The number of nitriles is 1. The molecule has 1 atom stereocenters. The molecule has 1 aliphatic heterocycles. The molecule has 5 nitrogen and oxygen atoms in total. The summed E-state index contributed by atoms with van der Waals surface area (Å²) >= 11 is 0. The highest BCUT2D eigenvalue weighted by molar-refractivity contribution is 5.99. The van der Waals surface area contributed by atoms with Crippen molar-refractivity contribution in [1.29, 1.82) is 5.26 Å². The molecule has 0 bridgehead atoms. The highest BCUT2D eigenvalue weighted by Gasteiger charge is 2.31. The molecule has 2 aromatic rings. The summed E-state index contributed by atoms with van der Waals surface area (Å²) in [6, 6.07) is 13.9. The van der Waals surface area contributed by atoms with Crippen molar-refractivity contribution in [2.75, 3.05) is 4.90 Å². The number of fused-ring (bicyclic) bond motifs is 1. The summed E-state index contributed by atoms with van der Waals surface area (Å²) in [7, 11) is 0. The molecule has 0 saturated heterocycles. The SMILES string of the molecule is CC1Oc2cc(O)ccc2N(Cc2ccc(C#N)cc2)C1=O. The van der Waals surface area contributed by atoms with Crippen molar-refractivity contribution in [3.63, 3.8) is 0 Å². The Bertz CT molecular complexity index is 762. The average Bonchev–Trinajstić information content (AvgIpc) is 2.52. The van der Waals surface area contributed by atoms with Gasteiger partial charge in [-0.3, -0.25) is 4.79 Å². The number of anilines is 1. The quantitative estimate of drug-likeness (QED) is 0.924. The largest absolute Gasteiger partial charge is 0.508 e. The predicted octanol–water partition coefficient (Wildman–Crippen LogP) is 2.58. The van der Waals surface area contributed by atoms with Gasteiger partial charge in [0.15, 0.2) is 6.10 Å². The van der Waals surface area contributed by atoms with E-state index in [-0.39, 0.29) is 11.7 Å². The second-order valence-corrected chi connectivity index (χ2v) is 5.15. The second kappa shape index (κ2) is 5.41. The molecule has 110 valence electrons. The van der Waals surface area contributed by atoms with Crippen molar-refractivity contribution in [3.05, 3.63) is 53.6 Å². The average molecular weight is 294 g/mol. The fourth-order valence-corrected chi connectivity index (χ4v) is 2.43. The van der Waals surface area contributed by atoms with E-state index in [1.165, 1.54) is 12.1 Å². The molecule has 1 heterocycles. The number of rotatable bonds is 2. The summed E-state index contributed by atoms with van der Waals surface area (Å²) in [5.74, 6) is 0.446. The molecule has 0 spiro atoms. The van der Waals surface area contributed by atoms with Crippen LogP contribution in [0.4, 0.5) is 5.69 Å². The van der Waals surface area contributed by atoms with E-state index in [0.717, 1.165) is 5.56 Å². The topological polar surface area (TPSA) is 73.6 Å². The minimum Gasteiger partial charge on any atom is -0.508 e. The van der Waals surface area contributed by atoms with Crippen LogP contribution in [-0.4, -0.2) is 17.1 Å². The Hall–Kier alpha value is -3.00. The van der Waals surface area contributed by atoms with E-state index in [9.17, 15) is 9.90 Å². The summed E-state index contributed by atoms with van der Waals surface area (Å²) < 4.78 is 5.54. The van der Waals surface area contributed by atoms with Gasteiger partial charge in [-0.25, -0.2) is 0 Å². The van der Waals surface area contributed by atoms with Gasteiger partial charge in [0.25, 0.3) is 5.91 Å². The van der Waals surface area contributed by atoms with E-state index in [2.05, 4.69) is 6.07 Å². The van der Waals surface area contributed by atoms with Gasteiger partial charge in [-0.15, -0.1) is 0 Å². The Morgan fingerprint density at radius 3 is 2.68 bits per heavy atom. The lowest BCUT2D eigenvalue weighted by Gasteiger charge is -2.33. The zero-order chi connectivity index (χ0) is 15.7. The minimum absolute atomic E-state index is 0.0959. The maximum Gasteiger partial charge on any atom is 0.268 e. The zero-order valence-electron chi connectivity index (χ0n) is 12.0. The molecule has 5 heteroatoms. The van der Waals surface area contributed by atoms with Crippen LogP contribution in [0.5, 0.6) is 11.5 Å². The highest BCUT2D eigenvalue weighted by atomic mass is 16.5. The number of nitrogens with zero attached hydrogens (tertiary/aromatic N) is 2. The molecule has 0 aromatic heterocycles. The van der Waals surface area contributed by atoms with Gasteiger partial charge in [-0.1, -0.05) is 12.1 Å². The lowest BCUT2D eigenvalue weighted by atomic mass is 10.1. The van der Waals surface area contributed by atoms with Gasteiger partial charge in [0.05, 0.1) is 23.9 Å². The van der Waals surface area contributed by atoms with Gasteiger partial charge < -0.3 is 14.7 Å². The van der Waals surface area contributed by atoms with Gasteiger partial charge in [0.2, 0.25) is 0 Å². The van der Waals surface area contributed by atoms with Crippen molar-refractivity contribution >= 4 is 11.6 Å². The van der Waals surface area contributed by atoms with Gasteiger partial charge >= 0.3 is 0 Å². The number of carbonyl (C=O) groups excluding carboxylic acids is 1. The molecule has 0 aliphatic carbocycles. The Morgan fingerprint density at radius 2 is 2.00 bits per heavy atom. The first-order chi connectivity index (χ1) is 10.6. The number of hydrogen-bond acceptors (Lipinski definition) is 4. The fourth-order valence-electron chi connectivity index (χ4n) is 2.43. The predicted molar refractivity (Wildman–Crippen MR) is 80.5 cm³/mol. The number of benzene rings is 2. The number of carbonyl (C=O) groups is 1. The van der Waals surface area contributed by atoms with Gasteiger partial charge in [0.1, 0.15) is 11.5 Å². The Balaban J connectivity index is 1.95. The van der Waals surface area contributed by atoms with Crippen LogP contribution in [0.15, 0.2) is 42.5 Å². The standard InChI is InChI=1S/C17H14N2O3/c1-11-17(21)19(10-13-4-2-12(9-18)3-5-13)15-7-6-14(20)8-16(15)22-11/h2-8,11,20H,10H2,1H3. The summed E-state index contributed by atoms with van der Waals surface area (Å²) in [5, 5.41) is 18.4. The van der Waals surface area contributed by atoms with Crippen LogP contribution in [0.2, 0.25) is 0 Å². The van der Waals surface area contributed by atoms with Gasteiger partial charge in [-0.05, 0) is 36.8 Å². The molecule has 3 rings (SSSR count). The van der Waals surface area contributed by atoms with E-state index in [1.54, 1.807) is 30.0 Å². The van der Waals surface area contributed by atoms with Crippen LogP contribution in [0, 0.1) is 11.3 Å². The second-order valence-electron chi connectivity index (χ2n) is 5.15. The number of ether oxygens (including phenoxy) is 1. The third kappa shape index (κ3) is 2.47. The van der Waals surface area contributed by atoms with E-state index in [0.29, 0.717) is 23.5 Å². The zero-order valence-corrected chi connectivity index (χ0v) is 12.0. The Labute approximate surface area is 128 Å². The number of phenols is 1. The maximum atomic E-state index is 12.4. The Kier molecular flexibility index (Phi) is 3.43. The minimum atomic E-state index is -0.604. The third-order valence-corrected chi connectivity index (χ3v) is 3.58. The number of phenolic OH excluding ortho intramolecular Hbond substituents is 1. The van der Waals surface area contributed by atoms with Crippen molar-refractivity contribution in [3.8, 4) is 17.6 Å². The Morgan fingerprint density at radius 1 is 1.27 bits per heavy atom. The van der Waals surface area contributed by atoms with E-state index in [4.69, 9.17) is 10.00 Å². The lowest BCUT2D eigenvalue weighted by molar-refractivity contribution is -0.125. The molecule has 1 aliphatic rings. The monoisotopic (exact) mass is 294 g/mol. The summed E-state index contributed by atoms with van der Waals surface area (Å²) in [4.78, 5) is 14.0. The smallest absolute Gasteiger partial charge is 0.268 e. The number of amides is 1. The van der Waals surface area contributed by atoms with E-state index >= 15 is 0 Å². The molecule has 0 saturated carbocycles. The maximum absolute atomic E-state index is 12.4.